The van der Waals surface area contributed by atoms with Crippen molar-refractivity contribution in [1.82, 2.24) is 0 Å². The zero-order valence-electron chi connectivity index (χ0n) is 10.6. The number of allylic oxidation sites excluding steroid dienone is 3. The van der Waals surface area contributed by atoms with Crippen LogP contribution in [0.25, 0.3) is 0 Å². The lowest BCUT2D eigenvalue weighted by Crippen LogP contribution is -2.13. The predicted octanol–water partition coefficient (Wildman–Crippen LogP) is 3.86. The Morgan fingerprint density at radius 3 is 2.56 bits per heavy atom. The number of hydrogen-bond acceptors (Lipinski definition) is 1. The minimum atomic E-state index is -0.351. The molecule has 16 heavy (non-hydrogen) atoms. The number of hydrogen-bond donors (Lipinski definition) is 1. The van der Waals surface area contributed by atoms with E-state index in [2.05, 4.69) is 39.2 Å². The molecule has 0 heterocycles. The minimum Gasteiger partial charge on any atom is -0.389 e. The highest BCUT2D eigenvalue weighted by Crippen LogP contribution is 2.25. The summed E-state index contributed by atoms with van der Waals surface area (Å²) in [5.41, 5.74) is 2.09. The molecular formula is C15H24O. The highest BCUT2D eigenvalue weighted by atomic mass is 16.3. The van der Waals surface area contributed by atoms with Crippen LogP contribution in [0.4, 0.5) is 0 Å². The molecular weight excluding hydrogens is 196 g/mol. The van der Waals surface area contributed by atoms with Gasteiger partial charge in [0.25, 0.3) is 0 Å². The van der Waals surface area contributed by atoms with E-state index in [1.54, 1.807) is 0 Å². The zero-order chi connectivity index (χ0) is 12.1. The molecule has 0 spiro atoms. The second kappa shape index (κ2) is 6.05. The summed E-state index contributed by atoms with van der Waals surface area (Å²) in [5.74, 6) is 1.20. The van der Waals surface area contributed by atoms with E-state index < -0.39 is 0 Å². The van der Waals surface area contributed by atoms with Crippen LogP contribution < -0.4 is 0 Å². The molecule has 1 N–H and O–H groups in total. The van der Waals surface area contributed by atoms with Crippen molar-refractivity contribution in [3.8, 4) is 0 Å². The van der Waals surface area contributed by atoms with E-state index in [0.717, 1.165) is 36.8 Å². The van der Waals surface area contributed by atoms with E-state index in [-0.39, 0.29) is 6.10 Å². The molecule has 0 bridgehead atoms. The van der Waals surface area contributed by atoms with Gasteiger partial charge >= 0.3 is 0 Å². The van der Waals surface area contributed by atoms with Gasteiger partial charge in [0.2, 0.25) is 0 Å². The number of aliphatic hydroxyl groups excluding tert-OH is 1. The highest BCUT2D eigenvalue weighted by molar-refractivity contribution is 5.17. The molecule has 0 aromatic rings. The maximum atomic E-state index is 9.88. The zero-order valence-corrected chi connectivity index (χ0v) is 10.6. The van der Waals surface area contributed by atoms with Crippen LogP contribution in [0.15, 0.2) is 36.5 Å². The van der Waals surface area contributed by atoms with Crippen LogP contribution in [-0.2, 0) is 0 Å². The molecule has 1 heteroatoms. The third-order valence-corrected chi connectivity index (χ3v) is 3.44. The summed E-state index contributed by atoms with van der Waals surface area (Å²) in [5, 5.41) is 9.88. The van der Waals surface area contributed by atoms with Crippen molar-refractivity contribution >= 4 is 0 Å². The predicted molar refractivity (Wildman–Crippen MR) is 70.2 cm³/mol. The summed E-state index contributed by atoms with van der Waals surface area (Å²) in [6.07, 6.45) is 7.69. The van der Waals surface area contributed by atoms with Crippen molar-refractivity contribution in [2.75, 3.05) is 0 Å². The topological polar surface area (TPSA) is 20.2 Å². The highest BCUT2D eigenvalue weighted by Gasteiger charge is 2.15. The minimum absolute atomic E-state index is 0.351. The van der Waals surface area contributed by atoms with E-state index in [1.165, 1.54) is 0 Å². The molecule has 0 fully saturated rings. The Labute approximate surface area is 99.6 Å². The normalized spacial score (nSPS) is 30.5. The molecule has 0 unspecified atom stereocenters. The van der Waals surface area contributed by atoms with Crippen molar-refractivity contribution in [1.29, 1.82) is 0 Å². The number of aliphatic hydroxyl groups is 1. The standard InChI is InChI=1S/C15H24O/c1-11(2)14-8-5-12(3)6-10-15(16)13(4)7-9-14/h5,8,11,14-16H,3-4,6-7,9-10H2,1-2H3/b8-5+/t14-,15-/m1/s1. The summed E-state index contributed by atoms with van der Waals surface area (Å²) in [6.45, 7) is 12.5. The Bertz CT molecular complexity index is 286. The van der Waals surface area contributed by atoms with Crippen LogP contribution >= 0.6 is 0 Å². The van der Waals surface area contributed by atoms with E-state index >= 15 is 0 Å². The third-order valence-electron chi connectivity index (χ3n) is 3.44. The van der Waals surface area contributed by atoms with Gasteiger partial charge in [0.05, 0.1) is 6.10 Å². The van der Waals surface area contributed by atoms with Crippen LogP contribution in [0.1, 0.15) is 39.5 Å². The van der Waals surface area contributed by atoms with Gasteiger partial charge in [-0.05, 0) is 43.1 Å². The monoisotopic (exact) mass is 220 g/mol. The lowest BCUT2D eigenvalue weighted by molar-refractivity contribution is 0.195. The van der Waals surface area contributed by atoms with Gasteiger partial charge in [-0.2, -0.15) is 0 Å². The first-order chi connectivity index (χ1) is 7.50. The van der Waals surface area contributed by atoms with E-state index in [0.29, 0.717) is 11.8 Å². The van der Waals surface area contributed by atoms with Crippen molar-refractivity contribution in [3.63, 3.8) is 0 Å². The van der Waals surface area contributed by atoms with Crippen LogP contribution in [0.2, 0.25) is 0 Å². The largest absolute Gasteiger partial charge is 0.389 e. The summed E-state index contributed by atoms with van der Waals surface area (Å²) in [7, 11) is 0. The van der Waals surface area contributed by atoms with Crippen molar-refractivity contribution < 1.29 is 5.11 Å². The smallest absolute Gasteiger partial charge is 0.0750 e. The average Bonchev–Trinajstić information content (AvgIpc) is 2.23. The fraction of sp³-hybridized carbons (Fsp3) is 0.600. The second-order valence-corrected chi connectivity index (χ2v) is 5.18. The van der Waals surface area contributed by atoms with Crippen LogP contribution in [-0.4, -0.2) is 11.2 Å². The van der Waals surface area contributed by atoms with Gasteiger partial charge in [0.1, 0.15) is 0 Å². The van der Waals surface area contributed by atoms with Crippen LogP contribution in [0.3, 0.4) is 0 Å². The maximum absolute atomic E-state index is 9.88. The van der Waals surface area contributed by atoms with E-state index in [9.17, 15) is 5.11 Å². The summed E-state index contributed by atoms with van der Waals surface area (Å²) < 4.78 is 0. The van der Waals surface area contributed by atoms with E-state index in [1.807, 2.05) is 0 Å². The first kappa shape index (κ1) is 13.2. The number of rotatable bonds is 1. The Morgan fingerprint density at radius 2 is 1.94 bits per heavy atom. The Kier molecular flexibility index (Phi) is 5.01. The Balaban J connectivity index is 2.75. The first-order valence-corrected chi connectivity index (χ1v) is 6.22. The van der Waals surface area contributed by atoms with Gasteiger partial charge < -0.3 is 5.11 Å². The molecule has 0 radical (unpaired) electrons. The van der Waals surface area contributed by atoms with Gasteiger partial charge in [-0.15, -0.1) is 0 Å². The molecule has 90 valence electrons. The van der Waals surface area contributed by atoms with Crippen LogP contribution in [0.5, 0.6) is 0 Å². The average molecular weight is 220 g/mol. The fourth-order valence-corrected chi connectivity index (χ4v) is 2.04. The summed E-state index contributed by atoms with van der Waals surface area (Å²) in [6, 6.07) is 0. The first-order valence-electron chi connectivity index (χ1n) is 6.22. The molecule has 2 atom stereocenters. The van der Waals surface area contributed by atoms with Gasteiger partial charge in [-0.3, -0.25) is 0 Å². The fourth-order valence-electron chi connectivity index (χ4n) is 2.04. The van der Waals surface area contributed by atoms with E-state index in [4.69, 9.17) is 0 Å². The lowest BCUT2D eigenvalue weighted by Gasteiger charge is -2.21. The summed E-state index contributed by atoms with van der Waals surface area (Å²) >= 11 is 0. The molecule has 0 aromatic heterocycles. The molecule has 0 saturated carbocycles. The molecule has 1 rings (SSSR count). The quantitative estimate of drug-likeness (QED) is 0.665. The molecule has 1 aliphatic rings. The lowest BCUT2D eigenvalue weighted by atomic mass is 9.86. The Morgan fingerprint density at radius 1 is 1.25 bits per heavy atom. The van der Waals surface area contributed by atoms with Gasteiger partial charge in [0.15, 0.2) is 0 Å². The maximum Gasteiger partial charge on any atom is 0.0750 e. The molecule has 0 amide bonds. The summed E-state index contributed by atoms with van der Waals surface area (Å²) in [4.78, 5) is 0. The Hall–Kier alpha value is -0.820. The second-order valence-electron chi connectivity index (χ2n) is 5.18. The van der Waals surface area contributed by atoms with Crippen molar-refractivity contribution in [2.24, 2.45) is 11.8 Å². The van der Waals surface area contributed by atoms with Crippen molar-refractivity contribution in [3.05, 3.63) is 36.5 Å². The van der Waals surface area contributed by atoms with Gasteiger partial charge in [-0.1, -0.05) is 44.7 Å². The van der Waals surface area contributed by atoms with Crippen molar-refractivity contribution in [2.45, 2.75) is 45.6 Å². The SMILES string of the molecule is C=C1/C=C/[C@@H](C(C)C)CCC(=C)[C@H](O)CC1. The third kappa shape index (κ3) is 3.97. The van der Waals surface area contributed by atoms with Gasteiger partial charge in [0, 0.05) is 0 Å². The molecule has 0 aliphatic heterocycles. The molecule has 1 nitrogen and oxygen atoms in total. The molecule has 0 saturated heterocycles. The van der Waals surface area contributed by atoms with Crippen LogP contribution in [0, 0.1) is 11.8 Å². The van der Waals surface area contributed by atoms with Gasteiger partial charge in [-0.25, -0.2) is 0 Å². The molecule has 1 aliphatic carbocycles. The molecule has 0 aromatic carbocycles.